The van der Waals surface area contributed by atoms with Crippen LogP contribution in [0.3, 0.4) is 0 Å². The van der Waals surface area contributed by atoms with Crippen molar-refractivity contribution < 1.29 is 9.21 Å². The molecule has 5 rings (SSSR count). The fourth-order valence-electron chi connectivity index (χ4n) is 4.73. The molecule has 3 aromatic rings. The summed E-state index contributed by atoms with van der Waals surface area (Å²) in [5.74, 6) is 1.35. The molecule has 7 heteroatoms. The number of amides is 1. The summed E-state index contributed by atoms with van der Waals surface area (Å²) < 4.78 is 5.96. The number of carbonyl (C=O) groups is 1. The molecule has 0 saturated heterocycles. The zero-order valence-electron chi connectivity index (χ0n) is 18.3. The van der Waals surface area contributed by atoms with Crippen LogP contribution in [0.5, 0.6) is 0 Å². The van der Waals surface area contributed by atoms with Crippen LogP contribution in [0.1, 0.15) is 71.5 Å². The normalized spacial score (nSPS) is 16.8. The Hall–Kier alpha value is -2.08. The average Bonchev–Trinajstić information content (AvgIpc) is 3.44. The first kappa shape index (κ1) is 22.7. The van der Waals surface area contributed by atoms with Gasteiger partial charge in [0, 0.05) is 16.5 Å². The van der Waals surface area contributed by atoms with Crippen molar-refractivity contribution in [2.75, 3.05) is 0 Å². The van der Waals surface area contributed by atoms with E-state index in [0.29, 0.717) is 21.6 Å². The number of halogens is 2. The second-order valence-electron chi connectivity index (χ2n) is 8.79. The third kappa shape index (κ3) is 5.06. The zero-order chi connectivity index (χ0) is 22.8. The summed E-state index contributed by atoms with van der Waals surface area (Å²) in [6.07, 6.45) is 11.8. The lowest BCUT2D eigenvalue weighted by Crippen LogP contribution is -2.36. The molecule has 2 aliphatic rings. The lowest BCUT2D eigenvalue weighted by molar-refractivity contribution is 0.0927. The maximum Gasteiger partial charge on any atom is 0.254 e. The van der Waals surface area contributed by atoms with Crippen molar-refractivity contribution in [1.29, 1.82) is 0 Å². The Balaban J connectivity index is 1.40. The molecule has 1 aromatic carbocycles. The van der Waals surface area contributed by atoms with Crippen LogP contribution in [0.25, 0.3) is 11.3 Å². The molecule has 1 saturated carbocycles. The average molecular weight is 501 g/mol. The van der Waals surface area contributed by atoms with Crippen LogP contribution in [0.2, 0.25) is 10.0 Å². The van der Waals surface area contributed by atoms with Crippen molar-refractivity contribution in [3.63, 3.8) is 0 Å². The second-order valence-corrected chi connectivity index (χ2v) is 10.7. The first-order valence-corrected chi connectivity index (χ1v) is 13.2. The molecule has 172 valence electrons. The quantitative estimate of drug-likeness (QED) is 0.360. The number of furan rings is 1. The molecule has 0 radical (unpaired) electrons. The summed E-state index contributed by atoms with van der Waals surface area (Å²) in [6, 6.07) is 9.44. The monoisotopic (exact) mass is 500 g/mol. The Morgan fingerprint density at radius 2 is 1.85 bits per heavy atom. The Morgan fingerprint density at radius 1 is 1.03 bits per heavy atom. The first-order valence-electron chi connectivity index (χ1n) is 11.6. The van der Waals surface area contributed by atoms with Crippen LogP contribution in [-0.4, -0.2) is 18.2 Å². The number of aliphatic imine (C=N–C) groups is 1. The van der Waals surface area contributed by atoms with Crippen molar-refractivity contribution in [2.45, 2.75) is 63.8 Å². The Kier molecular flexibility index (Phi) is 6.91. The van der Waals surface area contributed by atoms with E-state index >= 15 is 0 Å². The summed E-state index contributed by atoms with van der Waals surface area (Å²) in [4.78, 5) is 19.3. The number of carbonyl (C=O) groups excluding carboxylic acids is 1. The molecule has 33 heavy (non-hydrogen) atoms. The Bertz CT molecular complexity index is 1190. The van der Waals surface area contributed by atoms with E-state index in [-0.39, 0.29) is 11.9 Å². The van der Waals surface area contributed by atoms with Gasteiger partial charge in [-0.05, 0) is 74.4 Å². The molecule has 0 spiro atoms. The molecular weight excluding hydrogens is 475 g/mol. The van der Waals surface area contributed by atoms with Gasteiger partial charge in [-0.2, -0.15) is 0 Å². The summed E-state index contributed by atoms with van der Waals surface area (Å²) >= 11 is 13.8. The minimum Gasteiger partial charge on any atom is -0.455 e. The number of thiophene rings is 1. The number of nitrogens with zero attached hydrogens (tertiary/aromatic N) is 1. The highest BCUT2D eigenvalue weighted by Crippen LogP contribution is 2.40. The van der Waals surface area contributed by atoms with Crippen LogP contribution in [0, 0.1) is 0 Å². The largest absolute Gasteiger partial charge is 0.455 e. The summed E-state index contributed by atoms with van der Waals surface area (Å²) in [7, 11) is 0. The van der Waals surface area contributed by atoms with Crippen LogP contribution < -0.4 is 5.32 Å². The van der Waals surface area contributed by atoms with Crippen LogP contribution in [0.15, 0.2) is 39.7 Å². The summed E-state index contributed by atoms with van der Waals surface area (Å²) in [5, 5.41) is 5.07. The summed E-state index contributed by atoms with van der Waals surface area (Å²) in [6.45, 7) is 0. The van der Waals surface area contributed by atoms with Gasteiger partial charge < -0.3 is 9.73 Å². The van der Waals surface area contributed by atoms with Gasteiger partial charge in [0.1, 0.15) is 16.5 Å². The van der Waals surface area contributed by atoms with E-state index in [1.807, 2.05) is 18.2 Å². The molecule has 1 amide bonds. The van der Waals surface area contributed by atoms with E-state index in [4.69, 9.17) is 32.6 Å². The van der Waals surface area contributed by atoms with E-state index in [1.54, 1.807) is 29.7 Å². The summed E-state index contributed by atoms with van der Waals surface area (Å²) in [5.41, 5.74) is 2.82. The van der Waals surface area contributed by atoms with E-state index in [1.165, 1.54) is 36.1 Å². The maximum absolute atomic E-state index is 13.3. The van der Waals surface area contributed by atoms with E-state index in [9.17, 15) is 4.79 Å². The van der Waals surface area contributed by atoms with Crippen molar-refractivity contribution in [2.24, 2.45) is 4.99 Å². The van der Waals surface area contributed by atoms with Gasteiger partial charge in [-0.25, -0.2) is 4.99 Å². The smallest absolute Gasteiger partial charge is 0.254 e. The standard InChI is InChI=1S/C26H26Cl2N2O2S/c27-20-12-10-16(14-21(20)28)22-13-11-18(32-22)15-29-26-24(19-8-4-5-9-23(19)33-26)25(31)30-17-6-2-1-3-7-17/h10-15,17H,1-9H2,(H,30,31). The molecule has 1 fully saturated rings. The molecule has 1 N–H and O–H groups in total. The van der Waals surface area contributed by atoms with E-state index in [2.05, 4.69) is 5.32 Å². The number of benzene rings is 1. The van der Waals surface area contributed by atoms with Gasteiger partial charge in [0.25, 0.3) is 5.91 Å². The van der Waals surface area contributed by atoms with E-state index < -0.39 is 0 Å². The number of hydrogen-bond donors (Lipinski definition) is 1. The van der Waals surface area contributed by atoms with Gasteiger partial charge in [0.2, 0.25) is 0 Å². The Morgan fingerprint density at radius 3 is 2.67 bits per heavy atom. The van der Waals surface area contributed by atoms with Crippen LogP contribution in [-0.2, 0) is 12.8 Å². The Labute approximate surface area is 208 Å². The lowest BCUT2D eigenvalue weighted by Gasteiger charge is -2.23. The van der Waals surface area contributed by atoms with Crippen LogP contribution >= 0.6 is 34.5 Å². The molecule has 2 heterocycles. The van der Waals surface area contributed by atoms with E-state index in [0.717, 1.165) is 48.2 Å². The first-order chi connectivity index (χ1) is 16.1. The number of rotatable bonds is 5. The predicted molar refractivity (Wildman–Crippen MR) is 137 cm³/mol. The number of hydrogen-bond acceptors (Lipinski definition) is 4. The SMILES string of the molecule is O=C(NC1CCCCC1)c1c(N=Cc2ccc(-c3ccc(Cl)c(Cl)c3)o2)sc2c1CCCC2. The highest BCUT2D eigenvalue weighted by molar-refractivity contribution is 7.16. The van der Waals surface area contributed by atoms with Crippen molar-refractivity contribution >= 4 is 51.7 Å². The number of fused-ring (bicyclic) bond motifs is 1. The molecular formula is C26H26Cl2N2O2S. The topological polar surface area (TPSA) is 54.6 Å². The van der Waals surface area contributed by atoms with Crippen molar-refractivity contribution in [3.8, 4) is 11.3 Å². The van der Waals surface area contributed by atoms with Crippen molar-refractivity contribution in [3.05, 3.63) is 62.1 Å². The minimum absolute atomic E-state index is 0.0318. The van der Waals surface area contributed by atoms with Gasteiger partial charge in [0.05, 0.1) is 21.8 Å². The predicted octanol–water partition coefficient (Wildman–Crippen LogP) is 8.01. The zero-order valence-corrected chi connectivity index (χ0v) is 20.7. The van der Waals surface area contributed by atoms with Crippen LogP contribution in [0.4, 0.5) is 5.00 Å². The van der Waals surface area contributed by atoms with Gasteiger partial charge in [0.15, 0.2) is 0 Å². The second kappa shape index (κ2) is 10.0. The molecule has 4 nitrogen and oxygen atoms in total. The molecule has 0 bridgehead atoms. The minimum atomic E-state index is 0.0318. The number of aryl methyl sites for hydroxylation is 1. The molecule has 0 unspecified atom stereocenters. The third-order valence-corrected chi connectivity index (χ3v) is 8.40. The lowest BCUT2D eigenvalue weighted by atomic mass is 9.93. The van der Waals surface area contributed by atoms with Gasteiger partial charge in [-0.1, -0.05) is 42.5 Å². The third-order valence-electron chi connectivity index (χ3n) is 6.46. The van der Waals surface area contributed by atoms with Gasteiger partial charge >= 0.3 is 0 Å². The fraction of sp³-hybridized carbons (Fsp3) is 0.385. The number of nitrogens with one attached hydrogen (secondary N) is 1. The molecule has 2 aromatic heterocycles. The molecule has 0 aliphatic heterocycles. The van der Waals surface area contributed by atoms with Gasteiger partial charge in [-0.3, -0.25) is 4.79 Å². The molecule has 0 atom stereocenters. The highest BCUT2D eigenvalue weighted by Gasteiger charge is 2.27. The van der Waals surface area contributed by atoms with Gasteiger partial charge in [-0.15, -0.1) is 11.3 Å². The van der Waals surface area contributed by atoms with Crippen molar-refractivity contribution in [1.82, 2.24) is 5.32 Å². The highest BCUT2D eigenvalue weighted by atomic mass is 35.5. The molecule has 2 aliphatic carbocycles. The maximum atomic E-state index is 13.3. The fourth-order valence-corrected chi connectivity index (χ4v) is 6.26.